The third kappa shape index (κ3) is 3.52. The second-order valence-corrected chi connectivity index (χ2v) is 6.90. The fraction of sp³-hybridized carbons (Fsp3) is 0.0909. The molecule has 0 aliphatic carbocycles. The van der Waals surface area contributed by atoms with E-state index in [-0.39, 0.29) is 0 Å². The van der Waals surface area contributed by atoms with Crippen LogP contribution in [0.25, 0.3) is 20.5 Å². The van der Waals surface area contributed by atoms with Crippen molar-refractivity contribution in [3.05, 3.63) is 84.4 Å². The van der Waals surface area contributed by atoms with Crippen molar-refractivity contribution in [2.24, 2.45) is 0 Å². The van der Waals surface area contributed by atoms with Gasteiger partial charge in [0.05, 0.1) is 7.11 Å². The monoisotopic (exact) mass is 346 g/mol. The van der Waals surface area contributed by atoms with Gasteiger partial charge in [-0.2, -0.15) is 0 Å². The Balaban J connectivity index is 1.56. The van der Waals surface area contributed by atoms with E-state index in [1.807, 2.05) is 36.4 Å². The summed E-state index contributed by atoms with van der Waals surface area (Å²) in [6.45, 7) is 0.586. The molecule has 0 spiro atoms. The lowest BCUT2D eigenvalue weighted by atomic mass is 10.1. The number of fused-ring (bicyclic) bond motifs is 1. The van der Waals surface area contributed by atoms with Gasteiger partial charge in [0.15, 0.2) is 0 Å². The van der Waals surface area contributed by atoms with E-state index in [1.54, 1.807) is 18.4 Å². The van der Waals surface area contributed by atoms with Crippen molar-refractivity contribution in [2.45, 2.75) is 6.61 Å². The van der Waals surface area contributed by atoms with Crippen LogP contribution in [0, 0.1) is 0 Å². The Kier molecular flexibility index (Phi) is 4.40. The fourth-order valence-corrected chi connectivity index (χ4v) is 3.84. The van der Waals surface area contributed by atoms with Gasteiger partial charge in [-0.05, 0) is 65.0 Å². The summed E-state index contributed by atoms with van der Waals surface area (Å²) in [5, 5.41) is 1.24. The predicted molar refractivity (Wildman–Crippen MR) is 105 cm³/mol. The van der Waals surface area contributed by atoms with Crippen LogP contribution < -0.4 is 9.47 Å². The molecule has 0 unspecified atom stereocenters. The minimum Gasteiger partial charge on any atom is -0.497 e. The highest BCUT2D eigenvalue weighted by atomic mass is 32.1. The van der Waals surface area contributed by atoms with Crippen molar-refractivity contribution in [1.29, 1.82) is 0 Å². The van der Waals surface area contributed by atoms with E-state index in [4.69, 9.17) is 9.47 Å². The molecule has 1 heterocycles. The molecule has 124 valence electrons. The highest BCUT2D eigenvalue weighted by Gasteiger charge is 2.06. The largest absolute Gasteiger partial charge is 0.497 e. The van der Waals surface area contributed by atoms with E-state index >= 15 is 0 Å². The van der Waals surface area contributed by atoms with E-state index in [1.165, 1.54) is 26.1 Å². The summed E-state index contributed by atoms with van der Waals surface area (Å²) in [6, 6.07) is 26.9. The zero-order chi connectivity index (χ0) is 17.1. The molecule has 0 atom stereocenters. The Hall–Kier alpha value is -2.78. The summed E-state index contributed by atoms with van der Waals surface area (Å²) < 4.78 is 12.4. The molecule has 3 aromatic carbocycles. The molecule has 0 saturated carbocycles. The summed E-state index contributed by atoms with van der Waals surface area (Å²) >= 11 is 1.78. The second-order valence-electron chi connectivity index (χ2n) is 5.81. The number of methoxy groups -OCH3 is 1. The normalized spacial score (nSPS) is 10.8. The van der Waals surface area contributed by atoms with Crippen molar-refractivity contribution in [3.8, 4) is 21.9 Å². The first-order valence-electron chi connectivity index (χ1n) is 8.16. The van der Waals surface area contributed by atoms with Crippen molar-refractivity contribution in [3.63, 3.8) is 0 Å². The van der Waals surface area contributed by atoms with Crippen LogP contribution in [0.15, 0.2) is 78.9 Å². The number of ether oxygens (including phenoxy) is 2. The topological polar surface area (TPSA) is 18.5 Å². The van der Waals surface area contributed by atoms with Crippen LogP contribution in [-0.2, 0) is 6.61 Å². The van der Waals surface area contributed by atoms with Gasteiger partial charge < -0.3 is 9.47 Å². The molecule has 3 heteroatoms. The first-order chi connectivity index (χ1) is 12.3. The molecule has 0 aliphatic heterocycles. The van der Waals surface area contributed by atoms with Gasteiger partial charge in [-0.1, -0.05) is 30.3 Å². The van der Waals surface area contributed by atoms with Crippen molar-refractivity contribution >= 4 is 21.4 Å². The minimum atomic E-state index is 0.586. The molecular formula is C22H18O2S. The maximum atomic E-state index is 5.94. The van der Waals surface area contributed by atoms with Gasteiger partial charge in [-0.15, -0.1) is 11.3 Å². The molecule has 4 aromatic rings. The zero-order valence-electron chi connectivity index (χ0n) is 13.9. The Morgan fingerprint density at radius 2 is 1.56 bits per heavy atom. The Morgan fingerprint density at radius 1 is 0.800 bits per heavy atom. The van der Waals surface area contributed by atoms with E-state index < -0.39 is 0 Å². The average Bonchev–Trinajstić information content (AvgIpc) is 3.10. The third-order valence-corrected chi connectivity index (χ3v) is 5.26. The number of hydrogen-bond acceptors (Lipinski definition) is 3. The Morgan fingerprint density at radius 3 is 2.32 bits per heavy atom. The van der Waals surface area contributed by atoms with E-state index in [0.29, 0.717) is 6.61 Å². The van der Waals surface area contributed by atoms with Crippen LogP contribution in [0.5, 0.6) is 11.5 Å². The van der Waals surface area contributed by atoms with E-state index in [2.05, 4.69) is 42.5 Å². The molecule has 0 bridgehead atoms. The average molecular weight is 346 g/mol. The lowest BCUT2D eigenvalue weighted by Crippen LogP contribution is -1.94. The summed E-state index contributed by atoms with van der Waals surface area (Å²) in [6.07, 6.45) is 0. The first-order valence-corrected chi connectivity index (χ1v) is 8.98. The third-order valence-electron chi connectivity index (χ3n) is 4.11. The maximum Gasteiger partial charge on any atom is 0.121 e. The summed E-state index contributed by atoms with van der Waals surface area (Å²) in [5.41, 5.74) is 2.38. The molecule has 25 heavy (non-hydrogen) atoms. The van der Waals surface area contributed by atoms with Crippen molar-refractivity contribution in [1.82, 2.24) is 0 Å². The Bertz CT molecular complexity index is 972. The molecular weight excluding hydrogens is 328 g/mol. The minimum absolute atomic E-state index is 0.586. The summed E-state index contributed by atoms with van der Waals surface area (Å²) in [4.78, 5) is 1.25. The number of benzene rings is 3. The van der Waals surface area contributed by atoms with Gasteiger partial charge in [0.2, 0.25) is 0 Å². The molecule has 0 amide bonds. The van der Waals surface area contributed by atoms with Crippen molar-refractivity contribution < 1.29 is 9.47 Å². The van der Waals surface area contributed by atoms with Crippen LogP contribution in [0.2, 0.25) is 0 Å². The SMILES string of the molecule is COc1ccc(-c2cc3ccc(OCc4ccccc4)cc3s2)cc1. The standard InChI is InChI=1S/C22H18O2S/c1-23-19-10-7-17(8-11-19)21-13-18-9-12-20(14-22(18)25-21)24-15-16-5-3-2-4-6-16/h2-14H,15H2,1H3. The number of hydrogen-bond donors (Lipinski definition) is 0. The molecule has 1 aromatic heterocycles. The lowest BCUT2D eigenvalue weighted by Gasteiger charge is -2.06. The molecule has 0 aliphatic rings. The molecule has 2 nitrogen and oxygen atoms in total. The van der Waals surface area contributed by atoms with Gasteiger partial charge >= 0.3 is 0 Å². The summed E-state index contributed by atoms with van der Waals surface area (Å²) in [7, 11) is 1.69. The summed E-state index contributed by atoms with van der Waals surface area (Å²) in [5.74, 6) is 1.78. The Labute approximate surface area is 151 Å². The van der Waals surface area contributed by atoms with Gasteiger partial charge in [-0.3, -0.25) is 0 Å². The highest BCUT2D eigenvalue weighted by Crippen LogP contribution is 2.36. The van der Waals surface area contributed by atoms with Crippen LogP contribution in [-0.4, -0.2) is 7.11 Å². The van der Waals surface area contributed by atoms with E-state index in [0.717, 1.165) is 11.5 Å². The number of rotatable bonds is 5. The number of thiophene rings is 1. The highest BCUT2D eigenvalue weighted by molar-refractivity contribution is 7.22. The molecule has 0 fully saturated rings. The molecule has 0 radical (unpaired) electrons. The second kappa shape index (κ2) is 6.99. The van der Waals surface area contributed by atoms with Crippen LogP contribution in [0.1, 0.15) is 5.56 Å². The molecule has 4 rings (SSSR count). The van der Waals surface area contributed by atoms with Gasteiger partial charge in [0.25, 0.3) is 0 Å². The van der Waals surface area contributed by atoms with Gasteiger partial charge in [0, 0.05) is 9.58 Å². The van der Waals surface area contributed by atoms with Crippen molar-refractivity contribution in [2.75, 3.05) is 7.11 Å². The van der Waals surface area contributed by atoms with Crippen LogP contribution in [0.4, 0.5) is 0 Å². The quantitative estimate of drug-likeness (QED) is 0.431. The zero-order valence-corrected chi connectivity index (χ0v) is 14.8. The van der Waals surface area contributed by atoms with Crippen LogP contribution in [0.3, 0.4) is 0 Å². The maximum absolute atomic E-state index is 5.94. The fourth-order valence-electron chi connectivity index (χ4n) is 2.74. The molecule has 0 N–H and O–H groups in total. The van der Waals surface area contributed by atoms with Crippen LogP contribution >= 0.6 is 11.3 Å². The van der Waals surface area contributed by atoms with E-state index in [9.17, 15) is 0 Å². The predicted octanol–water partition coefficient (Wildman–Crippen LogP) is 6.16. The smallest absolute Gasteiger partial charge is 0.121 e. The lowest BCUT2D eigenvalue weighted by molar-refractivity contribution is 0.306. The van der Waals surface area contributed by atoms with Gasteiger partial charge in [0.1, 0.15) is 18.1 Å². The molecule has 0 saturated heterocycles. The van der Waals surface area contributed by atoms with Gasteiger partial charge in [-0.25, -0.2) is 0 Å². The first kappa shape index (κ1) is 15.7.